The van der Waals surface area contributed by atoms with Crippen molar-refractivity contribution in [2.45, 2.75) is 32.7 Å². The smallest absolute Gasteiger partial charge is 0.244 e. The van der Waals surface area contributed by atoms with Gasteiger partial charge in [0.15, 0.2) is 0 Å². The van der Waals surface area contributed by atoms with Crippen molar-refractivity contribution in [2.24, 2.45) is 0 Å². The Kier molecular flexibility index (Phi) is 6.62. The van der Waals surface area contributed by atoms with Gasteiger partial charge in [0, 0.05) is 38.2 Å². The van der Waals surface area contributed by atoms with Gasteiger partial charge in [-0.25, -0.2) is 0 Å². The van der Waals surface area contributed by atoms with Crippen molar-refractivity contribution in [1.29, 1.82) is 5.26 Å². The predicted molar refractivity (Wildman–Crippen MR) is 121 cm³/mol. The molecule has 0 saturated carbocycles. The lowest BCUT2D eigenvalue weighted by Gasteiger charge is -2.36. The summed E-state index contributed by atoms with van der Waals surface area (Å²) in [5, 5.41) is 13.0. The Balaban J connectivity index is 1.28. The third-order valence-electron chi connectivity index (χ3n) is 6.03. The molecule has 1 amide bonds. The van der Waals surface area contributed by atoms with Crippen molar-refractivity contribution in [2.75, 3.05) is 26.2 Å². The van der Waals surface area contributed by atoms with Crippen LogP contribution in [0, 0.1) is 18.3 Å². The average Bonchev–Trinajstić information content (AvgIpc) is 3.33. The van der Waals surface area contributed by atoms with E-state index in [1.807, 2.05) is 48.2 Å². The van der Waals surface area contributed by atoms with E-state index in [1.54, 1.807) is 12.1 Å². The highest BCUT2D eigenvalue weighted by Crippen LogP contribution is 2.24. The van der Waals surface area contributed by atoms with Gasteiger partial charge >= 0.3 is 0 Å². The van der Waals surface area contributed by atoms with Gasteiger partial charge in [-0.1, -0.05) is 47.1 Å². The number of rotatable bonds is 6. The van der Waals surface area contributed by atoms with Crippen LogP contribution in [0.25, 0.3) is 11.4 Å². The molecule has 4 rings (SSSR count). The van der Waals surface area contributed by atoms with E-state index in [1.165, 1.54) is 5.56 Å². The minimum absolute atomic E-state index is 0.00222. The lowest BCUT2D eigenvalue weighted by Crippen LogP contribution is -2.49. The van der Waals surface area contributed by atoms with Crippen molar-refractivity contribution in [3.63, 3.8) is 0 Å². The van der Waals surface area contributed by atoms with E-state index in [0.717, 1.165) is 24.2 Å². The summed E-state index contributed by atoms with van der Waals surface area (Å²) in [5.74, 6) is 1.37. The van der Waals surface area contributed by atoms with Crippen LogP contribution in [0.2, 0.25) is 0 Å². The zero-order chi connectivity index (χ0) is 22.5. The number of carbonyl (C=O) groups excluding carboxylic acids is 1. The van der Waals surface area contributed by atoms with Gasteiger partial charge in [-0.3, -0.25) is 9.69 Å². The fourth-order valence-corrected chi connectivity index (χ4v) is 3.89. The molecule has 3 aromatic rings. The van der Waals surface area contributed by atoms with Crippen LogP contribution in [0.1, 0.15) is 42.0 Å². The molecule has 1 aliphatic heterocycles. The highest BCUT2D eigenvalue weighted by atomic mass is 16.5. The summed E-state index contributed by atoms with van der Waals surface area (Å²) in [6.45, 7) is 7.03. The van der Waals surface area contributed by atoms with E-state index < -0.39 is 0 Å². The molecule has 164 valence electrons. The molecular formula is C25H27N5O2. The second-order valence-corrected chi connectivity index (χ2v) is 8.22. The van der Waals surface area contributed by atoms with E-state index in [4.69, 9.17) is 9.78 Å². The first-order chi connectivity index (χ1) is 15.5. The molecule has 1 saturated heterocycles. The monoisotopic (exact) mass is 429 g/mol. The van der Waals surface area contributed by atoms with Gasteiger partial charge in [-0.05, 0) is 38.0 Å². The molecule has 0 bridgehead atoms. The third kappa shape index (κ3) is 5.04. The van der Waals surface area contributed by atoms with Gasteiger partial charge in [0.2, 0.25) is 17.6 Å². The first kappa shape index (κ1) is 21.7. The lowest BCUT2D eigenvalue weighted by atomic mass is 10.1. The van der Waals surface area contributed by atoms with Crippen LogP contribution in [-0.4, -0.2) is 52.0 Å². The van der Waals surface area contributed by atoms with Crippen molar-refractivity contribution in [3.8, 4) is 17.5 Å². The summed E-state index contributed by atoms with van der Waals surface area (Å²) < 4.78 is 5.54. The second-order valence-electron chi connectivity index (χ2n) is 8.22. The number of hydrogen-bond donors (Lipinski definition) is 0. The largest absolute Gasteiger partial charge is 0.340 e. The predicted octanol–water partition coefficient (Wildman–Crippen LogP) is 3.75. The summed E-state index contributed by atoms with van der Waals surface area (Å²) in [4.78, 5) is 21.4. The molecule has 2 aromatic carbocycles. The van der Waals surface area contributed by atoms with E-state index in [9.17, 15) is 4.79 Å². The highest BCUT2D eigenvalue weighted by molar-refractivity contribution is 5.76. The molecule has 32 heavy (non-hydrogen) atoms. The Morgan fingerprint density at radius 2 is 1.78 bits per heavy atom. The van der Waals surface area contributed by atoms with Crippen LogP contribution >= 0.6 is 0 Å². The first-order valence-corrected chi connectivity index (χ1v) is 10.9. The molecule has 1 aromatic heterocycles. The molecular weight excluding hydrogens is 402 g/mol. The summed E-state index contributed by atoms with van der Waals surface area (Å²) in [6.07, 6.45) is 1.16. The zero-order valence-corrected chi connectivity index (χ0v) is 18.5. The summed E-state index contributed by atoms with van der Waals surface area (Å²) >= 11 is 0. The van der Waals surface area contributed by atoms with Gasteiger partial charge in [0.25, 0.3) is 0 Å². The highest BCUT2D eigenvalue weighted by Gasteiger charge is 2.27. The molecule has 1 atom stereocenters. The Bertz CT molecular complexity index is 1090. The number of amides is 1. The normalized spacial score (nSPS) is 15.3. The van der Waals surface area contributed by atoms with Crippen LogP contribution in [0.4, 0.5) is 0 Å². The Morgan fingerprint density at radius 3 is 2.44 bits per heavy atom. The second kappa shape index (κ2) is 9.75. The molecule has 7 nitrogen and oxygen atoms in total. The maximum atomic E-state index is 12.6. The number of carbonyl (C=O) groups is 1. The van der Waals surface area contributed by atoms with Gasteiger partial charge in [-0.15, -0.1) is 0 Å². The van der Waals surface area contributed by atoms with Crippen molar-refractivity contribution >= 4 is 5.91 Å². The van der Waals surface area contributed by atoms with Crippen molar-refractivity contribution in [1.82, 2.24) is 19.9 Å². The summed E-state index contributed by atoms with van der Waals surface area (Å²) in [6, 6.07) is 17.6. The Labute approximate surface area is 188 Å². The zero-order valence-electron chi connectivity index (χ0n) is 18.5. The van der Waals surface area contributed by atoms with E-state index >= 15 is 0 Å². The minimum Gasteiger partial charge on any atom is -0.340 e. The topological polar surface area (TPSA) is 86.3 Å². The van der Waals surface area contributed by atoms with Crippen molar-refractivity contribution < 1.29 is 9.32 Å². The van der Waals surface area contributed by atoms with Gasteiger partial charge < -0.3 is 9.42 Å². The number of nitriles is 1. The number of aryl methyl sites for hydroxylation is 2. The van der Waals surface area contributed by atoms with Crippen LogP contribution in [0.15, 0.2) is 53.1 Å². The Hall–Kier alpha value is -3.50. The van der Waals surface area contributed by atoms with Gasteiger partial charge in [0.1, 0.15) is 0 Å². The minimum atomic E-state index is -0.00222. The molecule has 2 heterocycles. The molecule has 0 aliphatic carbocycles. The molecule has 1 unspecified atom stereocenters. The quantitative estimate of drug-likeness (QED) is 0.593. The summed E-state index contributed by atoms with van der Waals surface area (Å²) in [5.41, 5.74) is 3.84. The molecule has 1 aliphatic rings. The van der Waals surface area contributed by atoms with Crippen LogP contribution in [-0.2, 0) is 11.2 Å². The first-order valence-electron chi connectivity index (χ1n) is 10.9. The molecule has 0 N–H and O–H groups in total. The van der Waals surface area contributed by atoms with Gasteiger partial charge in [0.05, 0.1) is 17.7 Å². The average molecular weight is 430 g/mol. The van der Waals surface area contributed by atoms with Crippen LogP contribution < -0.4 is 0 Å². The maximum Gasteiger partial charge on any atom is 0.244 e. The number of hydrogen-bond acceptors (Lipinski definition) is 6. The fraction of sp³-hybridized carbons (Fsp3) is 0.360. The third-order valence-corrected chi connectivity index (χ3v) is 6.03. The number of benzene rings is 2. The number of nitrogens with zero attached hydrogens (tertiary/aromatic N) is 5. The standard InChI is InChI=1S/C25H27N5O2/c1-18-3-10-22(11-4-18)24-27-25(32-28-24)19(2)29-13-15-30(16-14-29)23(31)12-9-20-5-7-21(17-26)8-6-20/h3-8,10-11,19H,9,12-16H2,1-2H3. The molecule has 0 spiro atoms. The van der Waals surface area contributed by atoms with E-state index in [0.29, 0.717) is 43.2 Å². The fourth-order valence-electron chi connectivity index (χ4n) is 3.89. The van der Waals surface area contributed by atoms with E-state index in [2.05, 4.69) is 28.0 Å². The SMILES string of the molecule is Cc1ccc(-c2noc(C(C)N3CCN(C(=O)CCc4ccc(C#N)cc4)CC3)n2)cc1. The van der Waals surface area contributed by atoms with Gasteiger partial charge in [-0.2, -0.15) is 10.2 Å². The number of aromatic nitrogens is 2. The molecule has 1 fully saturated rings. The maximum absolute atomic E-state index is 12.6. The molecule has 0 radical (unpaired) electrons. The van der Waals surface area contributed by atoms with Crippen molar-refractivity contribution in [3.05, 3.63) is 71.1 Å². The lowest BCUT2D eigenvalue weighted by molar-refractivity contribution is -0.133. The summed E-state index contributed by atoms with van der Waals surface area (Å²) in [7, 11) is 0. The van der Waals surface area contributed by atoms with Crippen LogP contribution in [0.5, 0.6) is 0 Å². The Morgan fingerprint density at radius 1 is 1.09 bits per heavy atom. The molecule has 7 heteroatoms. The number of piperazine rings is 1. The van der Waals surface area contributed by atoms with E-state index in [-0.39, 0.29) is 11.9 Å². The van der Waals surface area contributed by atoms with Crippen LogP contribution in [0.3, 0.4) is 0 Å².